The smallest absolute Gasteiger partial charge is 0.321 e. The van der Waals surface area contributed by atoms with Gasteiger partial charge < -0.3 is 15.7 Å². The predicted molar refractivity (Wildman–Crippen MR) is 66.9 cm³/mol. The monoisotopic (exact) mass is 247 g/mol. The molecule has 1 aliphatic rings. The van der Waals surface area contributed by atoms with E-state index in [4.69, 9.17) is 10.8 Å². The Hall–Kier alpha value is -0.300. The summed E-state index contributed by atoms with van der Waals surface area (Å²) in [6.45, 7) is 5.51. The number of carbonyl (C=O) groups is 1. The van der Waals surface area contributed by atoms with E-state index >= 15 is 0 Å². The van der Waals surface area contributed by atoms with Gasteiger partial charge >= 0.3 is 5.97 Å². The number of thioether (sulfide) groups is 1. The minimum absolute atomic E-state index is 0.503. The van der Waals surface area contributed by atoms with Gasteiger partial charge in [0.25, 0.3) is 0 Å². The number of piperazine rings is 1. The van der Waals surface area contributed by atoms with Gasteiger partial charge in [-0.1, -0.05) is 0 Å². The molecular formula is C10H21N3O2S. The second-order valence-electron chi connectivity index (χ2n) is 4.16. The third-order valence-electron chi connectivity index (χ3n) is 2.76. The highest BCUT2D eigenvalue weighted by Crippen LogP contribution is 2.05. The van der Waals surface area contributed by atoms with E-state index in [1.807, 2.05) is 0 Å². The molecule has 5 nitrogen and oxygen atoms in total. The number of nitrogens with zero attached hydrogens (tertiary/aromatic N) is 2. The Labute approximate surface area is 101 Å². The van der Waals surface area contributed by atoms with Gasteiger partial charge in [-0.2, -0.15) is 11.8 Å². The van der Waals surface area contributed by atoms with Crippen LogP contribution in [0.15, 0.2) is 0 Å². The number of carboxylic acids is 1. The van der Waals surface area contributed by atoms with E-state index in [9.17, 15) is 4.79 Å². The normalized spacial score (nSPS) is 20.9. The Kier molecular flexibility index (Phi) is 6.12. The van der Waals surface area contributed by atoms with Crippen LogP contribution in [0.2, 0.25) is 0 Å². The van der Waals surface area contributed by atoms with E-state index < -0.39 is 12.0 Å². The Bertz CT molecular complexity index is 220. The molecule has 0 radical (unpaired) electrons. The van der Waals surface area contributed by atoms with Gasteiger partial charge in [-0.05, 0) is 7.05 Å². The van der Waals surface area contributed by atoms with Crippen LogP contribution >= 0.6 is 11.8 Å². The molecule has 0 spiro atoms. The SMILES string of the molecule is CN1CCN(CCSC[C@H](N)C(=O)O)CC1. The lowest BCUT2D eigenvalue weighted by molar-refractivity contribution is -0.137. The summed E-state index contributed by atoms with van der Waals surface area (Å²) >= 11 is 1.62. The van der Waals surface area contributed by atoms with E-state index in [-0.39, 0.29) is 0 Å². The maximum atomic E-state index is 10.5. The highest BCUT2D eigenvalue weighted by atomic mass is 32.2. The van der Waals surface area contributed by atoms with E-state index in [1.165, 1.54) is 0 Å². The zero-order valence-electron chi connectivity index (χ0n) is 9.76. The van der Waals surface area contributed by atoms with Crippen molar-refractivity contribution in [3.8, 4) is 0 Å². The first kappa shape index (κ1) is 13.8. The van der Waals surface area contributed by atoms with Crippen molar-refractivity contribution in [2.24, 2.45) is 5.73 Å². The van der Waals surface area contributed by atoms with Crippen molar-refractivity contribution in [2.45, 2.75) is 6.04 Å². The maximum Gasteiger partial charge on any atom is 0.321 e. The van der Waals surface area contributed by atoms with Crippen molar-refractivity contribution in [1.29, 1.82) is 0 Å². The van der Waals surface area contributed by atoms with Gasteiger partial charge in [-0.15, -0.1) is 0 Å². The van der Waals surface area contributed by atoms with Crippen molar-refractivity contribution < 1.29 is 9.90 Å². The fourth-order valence-electron chi connectivity index (χ4n) is 1.55. The lowest BCUT2D eigenvalue weighted by Crippen LogP contribution is -2.45. The topological polar surface area (TPSA) is 69.8 Å². The first-order chi connectivity index (χ1) is 7.59. The van der Waals surface area contributed by atoms with E-state index in [2.05, 4.69) is 16.8 Å². The predicted octanol–water partition coefficient (Wildman–Crippen LogP) is -0.621. The van der Waals surface area contributed by atoms with Crippen molar-refractivity contribution >= 4 is 17.7 Å². The summed E-state index contributed by atoms with van der Waals surface area (Å²) in [7, 11) is 2.14. The molecule has 0 aromatic carbocycles. The molecule has 0 aromatic heterocycles. The fourth-order valence-corrected chi connectivity index (χ4v) is 2.50. The van der Waals surface area contributed by atoms with Gasteiger partial charge in [0.05, 0.1) is 0 Å². The third-order valence-corrected chi connectivity index (χ3v) is 3.83. The molecule has 0 bridgehead atoms. The van der Waals surface area contributed by atoms with Gasteiger partial charge in [0.1, 0.15) is 6.04 Å². The van der Waals surface area contributed by atoms with Crippen LogP contribution in [0.25, 0.3) is 0 Å². The Balaban J connectivity index is 2.01. The van der Waals surface area contributed by atoms with E-state index in [0.717, 1.165) is 38.5 Å². The fraction of sp³-hybridized carbons (Fsp3) is 0.900. The van der Waals surface area contributed by atoms with Crippen LogP contribution in [0.4, 0.5) is 0 Å². The molecule has 0 saturated carbocycles. The maximum absolute atomic E-state index is 10.5. The molecule has 3 N–H and O–H groups in total. The van der Waals surface area contributed by atoms with Gasteiger partial charge in [-0.3, -0.25) is 9.69 Å². The molecule has 16 heavy (non-hydrogen) atoms. The van der Waals surface area contributed by atoms with Crippen molar-refractivity contribution in [1.82, 2.24) is 9.80 Å². The van der Waals surface area contributed by atoms with Gasteiger partial charge in [0, 0.05) is 44.2 Å². The van der Waals surface area contributed by atoms with Gasteiger partial charge in [-0.25, -0.2) is 0 Å². The molecule has 0 aliphatic carbocycles. The van der Waals surface area contributed by atoms with Crippen LogP contribution < -0.4 is 5.73 Å². The zero-order chi connectivity index (χ0) is 12.0. The summed E-state index contributed by atoms with van der Waals surface area (Å²) in [5, 5.41) is 8.60. The first-order valence-electron chi connectivity index (χ1n) is 5.56. The quantitative estimate of drug-likeness (QED) is 0.610. The highest BCUT2D eigenvalue weighted by Gasteiger charge is 2.14. The van der Waals surface area contributed by atoms with Crippen molar-refractivity contribution in [2.75, 3.05) is 51.3 Å². The van der Waals surface area contributed by atoms with Crippen LogP contribution in [0, 0.1) is 0 Å². The standard InChI is InChI=1S/C10H21N3O2S/c1-12-2-4-13(5-3-12)6-7-16-8-9(11)10(14)15/h9H,2-8,11H2,1H3,(H,14,15)/t9-/m0/s1. The molecule has 1 atom stereocenters. The van der Waals surface area contributed by atoms with Crippen LogP contribution in [0.3, 0.4) is 0 Å². The van der Waals surface area contributed by atoms with Crippen molar-refractivity contribution in [3.63, 3.8) is 0 Å². The van der Waals surface area contributed by atoms with E-state index in [1.54, 1.807) is 11.8 Å². The highest BCUT2D eigenvalue weighted by molar-refractivity contribution is 7.99. The molecule has 94 valence electrons. The van der Waals surface area contributed by atoms with Crippen molar-refractivity contribution in [3.05, 3.63) is 0 Å². The largest absolute Gasteiger partial charge is 0.480 e. The molecule has 1 aliphatic heterocycles. The summed E-state index contributed by atoms with van der Waals surface area (Å²) in [6, 6.07) is -0.725. The van der Waals surface area contributed by atoms with Crippen LogP contribution in [-0.4, -0.2) is 78.2 Å². The summed E-state index contributed by atoms with van der Waals surface area (Å²) in [4.78, 5) is 15.2. The number of rotatable bonds is 6. The second kappa shape index (κ2) is 7.11. The second-order valence-corrected chi connectivity index (χ2v) is 5.31. The number of hydrogen-bond donors (Lipinski definition) is 2. The lowest BCUT2D eigenvalue weighted by Gasteiger charge is -2.32. The third kappa shape index (κ3) is 5.16. The van der Waals surface area contributed by atoms with Crippen LogP contribution in [-0.2, 0) is 4.79 Å². The molecule has 6 heteroatoms. The van der Waals surface area contributed by atoms with Crippen LogP contribution in [0.1, 0.15) is 0 Å². The number of hydrogen-bond acceptors (Lipinski definition) is 5. The summed E-state index contributed by atoms with van der Waals surface area (Å²) in [5.41, 5.74) is 5.41. The molecule has 1 fully saturated rings. The van der Waals surface area contributed by atoms with E-state index in [0.29, 0.717) is 5.75 Å². The molecular weight excluding hydrogens is 226 g/mol. The minimum Gasteiger partial charge on any atom is -0.480 e. The summed E-state index contributed by atoms with van der Waals surface area (Å²) < 4.78 is 0. The number of aliphatic carboxylic acids is 1. The summed E-state index contributed by atoms with van der Waals surface area (Å²) in [6.07, 6.45) is 0. The van der Waals surface area contributed by atoms with Gasteiger partial charge in [0.2, 0.25) is 0 Å². The zero-order valence-corrected chi connectivity index (χ0v) is 10.6. The number of nitrogens with two attached hydrogens (primary N) is 1. The summed E-state index contributed by atoms with van der Waals surface area (Å²) in [5.74, 6) is 0.556. The Morgan fingerprint density at radius 2 is 2.06 bits per heavy atom. The number of likely N-dealkylation sites (N-methyl/N-ethyl adjacent to an activating group) is 1. The number of carboxylic acid groups (broad SMARTS) is 1. The molecule has 1 heterocycles. The average molecular weight is 247 g/mol. The molecule has 0 amide bonds. The average Bonchev–Trinajstić information content (AvgIpc) is 2.26. The van der Waals surface area contributed by atoms with Gasteiger partial charge in [0.15, 0.2) is 0 Å². The molecule has 0 unspecified atom stereocenters. The Morgan fingerprint density at radius 3 is 2.62 bits per heavy atom. The molecule has 1 rings (SSSR count). The molecule has 0 aromatic rings. The Morgan fingerprint density at radius 1 is 1.44 bits per heavy atom. The lowest BCUT2D eigenvalue weighted by atomic mass is 10.3. The first-order valence-corrected chi connectivity index (χ1v) is 6.72. The molecule has 1 saturated heterocycles. The minimum atomic E-state index is -0.910. The van der Waals surface area contributed by atoms with Crippen LogP contribution in [0.5, 0.6) is 0 Å².